The summed E-state index contributed by atoms with van der Waals surface area (Å²) in [5, 5.41) is 13.7. The molecule has 2 aliphatic carbocycles. The lowest BCUT2D eigenvalue weighted by Crippen LogP contribution is -2.52. The maximum Gasteiger partial charge on any atom is 0.109 e. The summed E-state index contributed by atoms with van der Waals surface area (Å²) in [6, 6.07) is -0.115. The van der Waals surface area contributed by atoms with Crippen molar-refractivity contribution in [3.8, 4) is 0 Å². The lowest BCUT2D eigenvalue weighted by atomic mass is 9.86. The van der Waals surface area contributed by atoms with E-state index >= 15 is 0 Å². The number of halogens is 1. The van der Waals surface area contributed by atoms with Gasteiger partial charge in [0.2, 0.25) is 0 Å². The Hall–Kier alpha value is -1.65. The molecule has 3 aliphatic rings. The molecule has 0 fully saturated rings. The molecule has 2 N–H and O–H groups in total. The molecule has 0 amide bonds. The highest BCUT2D eigenvalue weighted by Gasteiger charge is 2.40. The zero-order chi connectivity index (χ0) is 15.5. The van der Waals surface area contributed by atoms with Crippen molar-refractivity contribution in [1.29, 1.82) is 0 Å². The number of nitrogens with zero attached hydrogens (tertiary/aromatic N) is 1. The molecule has 3 unspecified atom stereocenters. The predicted molar refractivity (Wildman–Crippen MR) is 86.7 cm³/mol. The number of fused-ring (bicyclic) bond motifs is 1. The van der Waals surface area contributed by atoms with Crippen molar-refractivity contribution in [2.75, 3.05) is 13.6 Å². The fourth-order valence-electron chi connectivity index (χ4n) is 3.62. The molecule has 1 aliphatic heterocycles. The summed E-state index contributed by atoms with van der Waals surface area (Å²) in [6.07, 6.45) is 17.9. The molecule has 0 saturated heterocycles. The van der Waals surface area contributed by atoms with Crippen LogP contribution < -0.4 is 5.32 Å². The zero-order valence-corrected chi connectivity index (χ0v) is 12.8. The van der Waals surface area contributed by atoms with Gasteiger partial charge in [0.25, 0.3) is 0 Å². The van der Waals surface area contributed by atoms with Gasteiger partial charge in [0.15, 0.2) is 0 Å². The average molecular weight is 302 g/mol. The first-order valence-corrected chi connectivity index (χ1v) is 7.88. The average Bonchev–Trinajstić information content (AvgIpc) is 2.94. The van der Waals surface area contributed by atoms with Crippen LogP contribution in [-0.4, -0.2) is 41.8 Å². The standard InChI is InChI=1S/C18H23FN2O/c1-20-12-17(22)18(13-6-3-2-4-7-13)21-11-10-14-15(19)8-5-9-16(14)21/h2-6,8-11,13-14,16-18,20,22H,7,12H2,1H3/t13?,14?,16?,17-,18+/m1/s1. The van der Waals surface area contributed by atoms with E-state index in [1.807, 2.05) is 37.6 Å². The fraction of sp³-hybridized carbons (Fsp3) is 0.444. The van der Waals surface area contributed by atoms with E-state index in [1.165, 1.54) is 6.08 Å². The monoisotopic (exact) mass is 302 g/mol. The van der Waals surface area contributed by atoms with Crippen LogP contribution in [0.4, 0.5) is 4.39 Å². The third-order valence-electron chi connectivity index (χ3n) is 4.66. The number of aliphatic hydroxyl groups is 1. The molecule has 0 bridgehead atoms. The molecule has 1 heterocycles. The summed E-state index contributed by atoms with van der Waals surface area (Å²) in [6.45, 7) is 0.516. The molecule has 0 aromatic heterocycles. The van der Waals surface area contributed by atoms with Gasteiger partial charge in [0, 0.05) is 12.5 Å². The van der Waals surface area contributed by atoms with Gasteiger partial charge in [-0.3, -0.25) is 0 Å². The molecular weight excluding hydrogens is 279 g/mol. The number of hydrogen-bond acceptors (Lipinski definition) is 3. The summed E-state index contributed by atoms with van der Waals surface area (Å²) >= 11 is 0. The number of hydrogen-bond donors (Lipinski definition) is 2. The van der Waals surface area contributed by atoms with Crippen LogP contribution in [0.3, 0.4) is 0 Å². The van der Waals surface area contributed by atoms with Crippen molar-refractivity contribution in [2.24, 2.45) is 11.8 Å². The maximum atomic E-state index is 14.0. The molecule has 0 aromatic rings. The van der Waals surface area contributed by atoms with Crippen LogP contribution in [0.25, 0.3) is 0 Å². The van der Waals surface area contributed by atoms with Crippen LogP contribution in [0.15, 0.2) is 60.6 Å². The third-order valence-corrected chi connectivity index (χ3v) is 4.66. The Morgan fingerprint density at radius 3 is 2.91 bits per heavy atom. The van der Waals surface area contributed by atoms with Gasteiger partial charge in [-0.15, -0.1) is 0 Å². The second kappa shape index (κ2) is 6.63. The van der Waals surface area contributed by atoms with Gasteiger partial charge in [-0.05, 0) is 25.7 Å². The van der Waals surface area contributed by atoms with Gasteiger partial charge in [-0.25, -0.2) is 4.39 Å². The highest BCUT2D eigenvalue weighted by molar-refractivity contribution is 5.30. The van der Waals surface area contributed by atoms with Crippen molar-refractivity contribution in [3.05, 3.63) is 60.6 Å². The number of likely N-dealkylation sites (N-methyl/N-ethyl adjacent to an activating group) is 1. The van der Waals surface area contributed by atoms with Crippen LogP contribution in [0.1, 0.15) is 6.42 Å². The van der Waals surface area contributed by atoms with E-state index in [-0.39, 0.29) is 29.7 Å². The smallest absolute Gasteiger partial charge is 0.109 e. The van der Waals surface area contributed by atoms with Gasteiger partial charge < -0.3 is 15.3 Å². The summed E-state index contributed by atoms with van der Waals surface area (Å²) in [5.41, 5.74) is 0. The molecule has 0 spiro atoms. The fourth-order valence-corrected chi connectivity index (χ4v) is 3.62. The minimum Gasteiger partial charge on any atom is -0.390 e. The number of aliphatic hydroxyl groups excluding tert-OH is 1. The third kappa shape index (κ3) is 2.81. The predicted octanol–water partition coefficient (Wildman–Crippen LogP) is 2.30. The Balaban J connectivity index is 1.85. The van der Waals surface area contributed by atoms with E-state index in [1.54, 1.807) is 6.08 Å². The van der Waals surface area contributed by atoms with Gasteiger partial charge in [-0.1, -0.05) is 42.5 Å². The Morgan fingerprint density at radius 1 is 1.32 bits per heavy atom. The Bertz CT molecular complexity index is 549. The van der Waals surface area contributed by atoms with E-state index in [0.717, 1.165) is 6.42 Å². The summed E-state index contributed by atoms with van der Waals surface area (Å²) in [4.78, 5) is 2.13. The quantitative estimate of drug-likeness (QED) is 0.818. The Morgan fingerprint density at radius 2 is 2.18 bits per heavy atom. The van der Waals surface area contributed by atoms with Crippen LogP contribution >= 0.6 is 0 Å². The largest absolute Gasteiger partial charge is 0.390 e. The first-order valence-electron chi connectivity index (χ1n) is 7.88. The molecule has 3 nitrogen and oxygen atoms in total. The molecule has 22 heavy (non-hydrogen) atoms. The topological polar surface area (TPSA) is 35.5 Å². The Kier molecular flexibility index (Phi) is 4.60. The molecule has 5 atom stereocenters. The van der Waals surface area contributed by atoms with Crippen molar-refractivity contribution in [1.82, 2.24) is 10.2 Å². The van der Waals surface area contributed by atoms with Crippen molar-refractivity contribution >= 4 is 0 Å². The Labute approximate surface area is 131 Å². The van der Waals surface area contributed by atoms with Crippen molar-refractivity contribution in [2.45, 2.75) is 24.6 Å². The lowest BCUT2D eigenvalue weighted by Gasteiger charge is -2.41. The molecule has 0 saturated carbocycles. The van der Waals surface area contributed by atoms with Crippen LogP contribution in [0, 0.1) is 11.8 Å². The second-order valence-corrected chi connectivity index (χ2v) is 6.07. The van der Waals surface area contributed by atoms with E-state index in [0.29, 0.717) is 6.54 Å². The molecule has 3 rings (SSSR count). The van der Waals surface area contributed by atoms with Gasteiger partial charge in [0.1, 0.15) is 5.83 Å². The van der Waals surface area contributed by atoms with Crippen molar-refractivity contribution < 1.29 is 9.50 Å². The number of nitrogens with one attached hydrogen (secondary N) is 1. The SMILES string of the molecule is CNC[C@@H](O)[C@H](C1C=CC=CC1)N1C=CC2C(F)=CC=CC21. The normalized spacial score (nSPS) is 32.0. The van der Waals surface area contributed by atoms with Crippen molar-refractivity contribution in [3.63, 3.8) is 0 Å². The van der Waals surface area contributed by atoms with Gasteiger partial charge >= 0.3 is 0 Å². The summed E-state index contributed by atoms with van der Waals surface area (Å²) in [7, 11) is 1.84. The molecule has 118 valence electrons. The van der Waals surface area contributed by atoms with Crippen LogP contribution in [-0.2, 0) is 0 Å². The first kappa shape index (κ1) is 15.3. The van der Waals surface area contributed by atoms with E-state index in [9.17, 15) is 9.50 Å². The van der Waals surface area contributed by atoms with Gasteiger partial charge in [0.05, 0.1) is 24.1 Å². The number of allylic oxidation sites excluding steroid dienone is 5. The van der Waals surface area contributed by atoms with E-state index < -0.39 is 6.10 Å². The molecule has 0 aromatic carbocycles. The highest BCUT2D eigenvalue weighted by Crippen LogP contribution is 2.37. The zero-order valence-electron chi connectivity index (χ0n) is 12.8. The number of rotatable bonds is 5. The van der Waals surface area contributed by atoms with Crippen LogP contribution in [0.5, 0.6) is 0 Å². The minimum absolute atomic E-state index is 0.0409. The highest BCUT2D eigenvalue weighted by atomic mass is 19.1. The second-order valence-electron chi connectivity index (χ2n) is 6.07. The van der Waals surface area contributed by atoms with Crippen LogP contribution in [0.2, 0.25) is 0 Å². The minimum atomic E-state index is -0.517. The summed E-state index contributed by atoms with van der Waals surface area (Å²) < 4.78 is 14.0. The first-order chi connectivity index (χ1) is 10.7. The molecule has 4 heteroatoms. The molecular formula is C18H23FN2O. The van der Waals surface area contributed by atoms with Gasteiger partial charge in [-0.2, -0.15) is 0 Å². The maximum absolute atomic E-state index is 14.0. The summed E-state index contributed by atoms with van der Waals surface area (Å²) in [5.74, 6) is -0.108. The lowest BCUT2D eigenvalue weighted by molar-refractivity contribution is 0.0408. The van der Waals surface area contributed by atoms with E-state index in [2.05, 4.69) is 22.4 Å². The van der Waals surface area contributed by atoms with E-state index in [4.69, 9.17) is 0 Å². The molecule has 0 radical (unpaired) electrons.